The van der Waals surface area contributed by atoms with E-state index in [1.807, 2.05) is 6.92 Å². The van der Waals surface area contributed by atoms with Crippen molar-refractivity contribution in [1.29, 1.82) is 0 Å². The first-order valence-electron chi connectivity index (χ1n) is 7.55. The Morgan fingerprint density at radius 2 is 2.13 bits per heavy atom. The summed E-state index contributed by atoms with van der Waals surface area (Å²) in [5.74, 6) is 0.812. The van der Waals surface area contributed by atoms with Crippen LogP contribution in [0.1, 0.15) is 31.7 Å². The number of likely N-dealkylation sites (tertiary alicyclic amines) is 1. The van der Waals surface area contributed by atoms with E-state index in [-0.39, 0.29) is 17.8 Å². The number of piperidine rings is 1. The molecular formula is C15H18N4O4. The van der Waals surface area contributed by atoms with Crippen molar-refractivity contribution >= 4 is 5.69 Å². The second-order valence-electron chi connectivity index (χ2n) is 5.72. The zero-order chi connectivity index (χ0) is 16.4. The van der Waals surface area contributed by atoms with E-state index < -0.39 is 4.92 Å². The summed E-state index contributed by atoms with van der Waals surface area (Å²) < 4.78 is 5.70. The Morgan fingerprint density at radius 1 is 1.39 bits per heavy atom. The van der Waals surface area contributed by atoms with E-state index in [0.717, 1.165) is 19.4 Å². The number of non-ortho nitro benzene ring substituents is 1. The first kappa shape index (κ1) is 15.6. The third-order valence-electron chi connectivity index (χ3n) is 4.10. The maximum Gasteiger partial charge on any atom is 0.269 e. The van der Waals surface area contributed by atoms with Crippen molar-refractivity contribution in [2.45, 2.75) is 31.9 Å². The highest BCUT2D eigenvalue weighted by molar-refractivity contribution is 5.55. The van der Waals surface area contributed by atoms with E-state index in [2.05, 4.69) is 15.1 Å². The molecule has 2 aromatic rings. The molecule has 1 aromatic heterocycles. The standard InChI is InChI=1S/C15H18N4O4/c1-10(18-8-2-3-13(20)9-18)14-16-17-15(23-14)11-4-6-12(7-5-11)19(21)22/h4-7,10,13,20H,2-3,8-9H2,1H3. The summed E-state index contributed by atoms with van der Waals surface area (Å²) in [5, 5.41) is 28.5. The van der Waals surface area contributed by atoms with Gasteiger partial charge in [0.25, 0.3) is 5.69 Å². The van der Waals surface area contributed by atoms with E-state index in [9.17, 15) is 15.2 Å². The molecule has 0 aliphatic carbocycles. The van der Waals surface area contributed by atoms with Crippen molar-refractivity contribution in [2.75, 3.05) is 13.1 Å². The summed E-state index contributed by atoms with van der Waals surface area (Å²) in [6.45, 7) is 3.44. The molecule has 2 atom stereocenters. The van der Waals surface area contributed by atoms with Crippen LogP contribution < -0.4 is 0 Å². The fraction of sp³-hybridized carbons (Fsp3) is 0.467. The van der Waals surface area contributed by atoms with E-state index in [1.54, 1.807) is 12.1 Å². The Balaban J connectivity index is 1.75. The minimum atomic E-state index is -0.452. The highest BCUT2D eigenvalue weighted by Crippen LogP contribution is 2.27. The van der Waals surface area contributed by atoms with Crippen molar-refractivity contribution < 1.29 is 14.4 Å². The Morgan fingerprint density at radius 3 is 2.78 bits per heavy atom. The number of hydrogen-bond donors (Lipinski definition) is 1. The Kier molecular flexibility index (Phi) is 4.35. The second kappa shape index (κ2) is 6.43. The van der Waals surface area contributed by atoms with Crippen molar-refractivity contribution in [3.8, 4) is 11.5 Å². The van der Waals surface area contributed by atoms with Crippen molar-refractivity contribution in [2.24, 2.45) is 0 Å². The van der Waals surface area contributed by atoms with Crippen LogP contribution in [0.15, 0.2) is 28.7 Å². The molecule has 1 aromatic carbocycles. The molecule has 3 rings (SSSR count). The molecule has 23 heavy (non-hydrogen) atoms. The van der Waals surface area contributed by atoms with Gasteiger partial charge < -0.3 is 9.52 Å². The maximum absolute atomic E-state index is 10.7. The lowest BCUT2D eigenvalue weighted by molar-refractivity contribution is -0.384. The number of nitro benzene ring substituents is 1. The van der Waals surface area contributed by atoms with Crippen molar-refractivity contribution in [1.82, 2.24) is 15.1 Å². The lowest BCUT2D eigenvalue weighted by Crippen LogP contribution is -2.39. The van der Waals surface area contributed by atoms with Gasteiger partial charge in [0, 0.05) is 24.2 Å². The quantitative estimate of drug-likeness (QED) is 0.680. The number of aliphatic hydroxyl groups excluding tert-OH is 1. The number of benzene rings is 1. The summed E-state index contributed by atoms with van der Waals surface area (Å²) in [6, 6.07) is 5.91. The highest BCUT2D eigenvalue weighted by Gasteiger charge is 2.26. The van der Waals surface area contributed by atoms with Crippen LogP contribution in [0, 0.1) is 10.1 Å². The molecule has 0 amide bonds. The largest absolute Gasteiger partial charge is 0.419 e. The number of nitrogens with zero attached hydrogens (tertiary/aromatic N) is 4. The molecule has 1 aliphatic heterocycles. The number of aliphatic hydroxyl groups is 1. The summed E-state index contributed by atoms with van der Waals surface area (Å²) in [6.07, 6.45) is 1.44. The first-order valence-corrected chi connectivity index (χ1v) is 7.55. The fourth-order valence-electron chi connectivity index (χ4n) is 2.74. The van der Waals surface area contributed by atoms with Gasteiger partial charge >= 0.3 is 0 Å². The van der Waals surface area contributed by atoms with E-state index >= 15 is 0 Å². The molecular weight excluding hydrogens is 300 g/mol. The molecule has 1 fully saturated rings. The van der Waals surface area contributed by atoms with Gasteiger partial charge in [-0.05, 0) is 38.4 Å². The average molecular weight is 318 g/mol. The van der Waals surface area contributed by atoms with Gasteiger partial charge in [0.15, 0.2) is 0 Å². The predicted octanol–water partition coefficient (Wildman–Crippen LogP) is 2.16. The number of hydrogen-bond acceptors (Lipinski definition) is 7. The molecule has 1 aliphatic rings. The van der Waals surface area contributed by atoms with Gasteiger partial charge in [-0.2, -0.15) is 0 Å². The summed E-state index contributed by atoms with van der Waals surface area (Å²) in [4.78, 5) is 12.3. The monoisotopic (exact) mass is 318 g/mol. The molecule has 1 saturated heterocycles. The molecule has 8 heteroatoms. The van der Waals surface area contributed by atoms with Crippen LogP contribution in [0.4, 0.5) is 5.69 Å². The van der Waals surface area contributed by atoms with Crippen LogP contribution in [0.5, 0.6) is 0 Å². The minimum Gasteiger partial charge on any atom is -0.419 e. The van der Waals surface area contributed by atoms with Gasteiger partial charge in [-0.15, -0.1) is 10.2 Å². The van der Waals surface area contributed by atoms with Crippen LogP contribution in [0.2, 0.25) is 0 Å². The van der Waals surface area contributed by atoms with Crippen LogP contribution in [0.3, 0.4) is 0 Å². The Labute approximate surface area is 132 Å². The zero-order valence-electron chi connectivity index (χ0n) is 12.8. The molecule has 0 spiro atoms. The molecule has 0 radical (unpaired) electrons. The van der Waals surface area contributed by atoms with Gasteiger partial charge in [0.05, 0.1) is 17.1 Å². The summed E-state index contributed by atoms with van der Waals surface area (Å²) in [7, 11) is 0. The lowest BCUT2D eigenvalue weighted by Gasteiger charge is -2.33. The number of nitro groups is 1. The summed E-state index contributed by atoms with van der Waals surface area (Å²) in [5.41, 5.74) is 0.657. The fourth-order valence-corrected chi connectivity index (χ4v) is 2.74. The molecule has 2 unspecified atom stereocenters. The van der Waals surface area contributed by atoms with E-state index in [0.29, 0.717) is 23.9 Å². The smallest absolute Gasteiger partial charge is 0.269 e. The Hall–Kier alpha value is -2.32. The zero-order valence-corrected chi connectivity index (χ0v) is 12.8. The SMILES string of the molecule is CC(c1nnc(-c2ccc([N+](=O)[O-])cc2)o1)N1CCCC(O)C1. The normalized spacial score (nSPS) is 20.3. The minimum absolute atomic E-state index is 0.0177. The van der Waals surface area contributed by atoms with Crippen LogP contribution in [-0.4, -0.2) is 44.3 Å². The van der Waals surface area contributed by atoms with Crippen LogP contribution in [0.25, 0.3) is 11.5 Å². The van der Waals surface area contributed by atoms with Crippen LogP contribution >= 0.6 is 0 Å². The van der Waals surface area contributed by atoms with Gasteiger partial charge in [-0.1, -0.05) is 0 Å². The molecule has 2 heterocycles. The van der Waals surface area contributed by atoms with Gasteiger partial charge in [0.2, 0.25) is 11.8 Å². The second-order valence-corrected chi connectivity index (χ2v) is 5.72. The van der Waals surface area contributed by atoms with Crippen LogP contribution in [-0.2, 0) is 0 Å². The summed E-state index contributed by atoms with van der Waals surface area (Å²) >= 11 is 0. The third-order valence-corrected chi connectivity index (χ3v) is 4.10. The molecule has 122 valence electrons. The molecule has 1 N–H and O–H groups in total. The maximum atomic E-state index is 10.7. The number of aromatic nitrogens is 2. The number of β-amino-alcohol motifs (C(OH)–C–C–N with tert-alkyl or cyclic N) is 1. The van der Waals surface area contributed by atoms with E-state index in [4.69, 9.17) is 4.42 Å². The van der Waals surface area contributed by atoms with Gasteiger partial charge in [-0.3, -0.25) is 15.0 Å². The van der Waals surface area contributed by atoms with Crippen molar-refractivity contribution in [3.05, 3.63) is 40.3 Å². The first-order chi connectivity index (χ1) is 11.0. The van der Waals surface area contributed by atoms with Gasteiger partial charge in [-0.25, -0.2) is 0 Å². The topological polar surface area (TPSA) is 106 Å². The highest BCUT2D eigenvalue weighted by atomic mass is 16.6. The average Bonchev–Trinajstić information content (AvgIpc) is 3.04. The third kappa shape index (κ3) is 3.38. The molecule has 0 bridgehead atoms. The Bertz CT molecular complexity index is 685. The van der Waals surface area contributed by atoms with Crippen molar-refractivity contribution in [3.63, 3.8) is 0 Å². The molecule has 8 nitrogen and oxygen atoms in total. The van der Waals surface area contributed by atoms with E-state index in [1.165, 1.54) is 12.1 Å². The molecule has 0 saturated carbocycles. The predicted molar refractivity (Wildman–Crippen MR) is 81.6 cm³/mol. The number of rotatable bonds is 4. The van der Waals surface area contributed by atoms with Gasteiger partial charge in [0.1, 0.15) is 0 Å². The lowest BCUT2D eigenvalue weighted by atomic mass is 10.1.